The highest BCUT2D eigenvalue weighted by Gasteiger charge is 2.10. The van der Waals surface area contributed by atoms with Gasteiger partial charge in [0, 0.05) is 17.6 Å². The van der Waals surface area contributed by atoms with Crippen molar-refractivity contribution in [3.8, 4) is 0 Å². The van der Waals surface area contributed by atoms with Gasteiger partial charge in [-0.15, -0.1) is 0 Å². The number of amides is 1. The molecule has 88 valence electrons. The van der Waals surface area contributed by atoms with E-state index in [0.717, 1.165) is 11.4 Å². The normalized spacial score (nSPS) is 10.2. The van der Waals surface area contributed by atoms with Gasteiger partial charge < -0.3 is 5.73 Å². The minimum Gasteiger partial charge on any atom is -0.365 e. The molecule has 0 saturated carbocycles. The van der Waals surface area contributed by atoms with Gasteiger partial charge in [0.25, 0.3) is 5.91 Å². The van der Waals surface area contributed by atoms with E-state index in [1.54, 1.807) is 18.3 Å². The van der Waals surface area contributed by atoms with Gasteiger partial charge in [0.2, 0.25) is 0 Å². The average molecular weight is 230 g/mol. The number of primary amides is 1. The molecule has 0 unspecified atom stereocenters. The molecule has 0 radical (unpaired) electrons. The highest BCUT2D eigenvalue weighted by molar-refractivity contribution is 5.97. The Morgan fingerprint density at radius 1 is 1.29 bits per heavy atom. The van der Waals surface area contributed by atoms with Crippen LogP contribution in [0.15, 0.2) is 30.5 Å². The van der Waals surface area contributed by atoms with Crippen molar-refractivity contribution in [1.29, 1.82) is 0 Å². The van der Waals surface area contributed by atoms with E-state index in [-0.39, 0.29) is 0 Å². The predicted molar refractivity (Wildman–Crippen MR) is 65.7 cm³/mol. The van der Waals surface area contributed by atoms with Crippen molar-refractivity contribution in [3.63, 3.8) is 0 Å². The van der Waals surface area contributed by atoms with Gasteiger partial charge in [-0.25, -0.2) is 4.98 Å². The Morgan fingerprint density at radius 2 is 1.94 bits per heavy atom. The molecule has 0 aromatic carbocycles. The van der Waals surface area contributed by atoms with E-state index in [9.17, 15) is 4.79 Å². The third-order valence-electron chi connectivity index (χ3n) is 2.56. The lowest BCUT2D eigenvalue weighted by Crippen LogP contribution is -2.19. The van der Waals surface area contributed by atoms with Gasteiger partial charge in [-0.2, -0.15) is 0 Å². The zero-order valence-corrected chi connectivity index (χ0v) is 9.77. The molecule has 0 bridgehead atoms. The van der Waals surface area contributed by atoms with Crippen LogP contribution in [0, 0.1) is 13.8 Å². The molecule has 0 fully saturated rings. The Bertz CT molecular complexity index is 540. The molecule has 0 spiro atoms. The molecule has 0 aliphatic carbocycles. The summed E-state index contributed by atoms with van der Waals surface area (Å²) < 4.78 is 1.86. The van der Waals surface area contributed by atoms with Gasteiger partial charge in [-0.3, -0.25) is 14.9 Å². The van der Waals surface area contributed by atoms with Crippen molar-refractivity contribution < 1.29 is 4.79 Å². The third kappa shape index (κ3) is 2.13. The first-order valence-electron chi connectivity index (χ1n) is 5.26. The summed E-state index contributed by atoms with van der Waals surface area (Å²) in [5.41, 5.74) is 10.8. The standard InChI is InChI=1S/C12H14N4O/c1-8-5-6-9(2)16(8)15-12-10(11(13)17)4-3-7-14-12/h3-7H,1-2H3,(H2,13,17)(H,14,15). The number of aromatic nitrogens is 2. The van der Waals surface area contributed by atoms with Crippen molar-refractivity contribution in [2.75, 3.05) is 5.43 Å². The number of nitrogens with zero attached hydrogens (tertiary/aromatic N) is 2. The number of carbonyl (C=O) groups excluding carboxylic acids is 1. The maximum Gasteiger partial charge on any atom is 0.252 e. The Morgan fingerprint density at radius 3 is 2.53 bits per heavy atom. The minimum absolute atomic E-state index is 0.375. The molecule has 0 aliphatic heterocycles. The molecule has 5 nitrogen and oxygen atoms in total. The topological polar surface area (TPSA) is 72.9 Å². The number of aryl methyl sites for hydroxylation is 2. The lowest BCUT2D eigenvalue weighted by molar-refractivity contribution is 0.100. The number of rotatable bonds is 3. The first-order valence-corrected chi connectivity index (χ1v) is 5.26. The molecule has 0 saturated heterocycles. The Labute approximate surface area is 99.2 Å². The fraction of sp³-hybridized carbons (Fsp3) is 0.167. The Balaban J connectivity index is 2.40. The summed E-state index contributed by atoms with van der Waals surface area (Å²) in [7, 11) is 0. The fourth-order valence-electron chi connectivity index (χ4n) is 1.64. The Kier molecular flexibility index (Phi) is 2.82. The second-order valence-electron chi connectivity index (χ2n) is 3.83. The number of nitrogens with two attached hydrogens (primary N) is 1. The van der Waals surface area contributed by atoms with Gasteiger partial charge in [-0.05, 0) is 38.1 Å². The van der Waals surface area contributed by atoms with Crippen LogP contribution in [0.25, 0.3) is 0 Å². The first-order chi connectivity index (χ1) is 8.09. The maximum atomic E-state index is 11.3. The zero-order chi connectivity index (χ0) is 12.4. The number of nitrogens with one attached hydrogen (secondary N) is 1. The maximum absolute atomic E-state index is 11.3. The summed E-state index contributed by atoms with van der Waals surface area (Å²) in [5.74, 6) is -0.0366. The highest BCUT2D eigenvalue weighted by atomic mass is 16.1. The lowest BCUT2D eigenvalue weighted by Gasteiger charge is -2.13. The second-order valence-corrected chi connectivity index (χ2v) is 3.83. The van der Waals surface area contributed by atoms with E-state index < -0.39 is 5.91 Å². The van der Waals surface area contributed by atoms with Gasteiger partial charge in [0.05, 0.1) is 5.56 Å². The number of hydrogen-bond donors (Lipinski definition) is 2. The molecule has 17 heavy (non-hydrogen) atoms. The molecule has 2 aromatic heterocycles. The van der Waals surface area contributed by atoms with Crippen LogP contribution >= 0.6 is 0 Å². The molecule has 5 heteroatoms. The number of hydrogen-bond acceptors (Lipinski definition) is 3. The SMILES string of the molecule is Cc1ccc(C)n1Nc1ncccc1C(N)=O. The monoisotopic (exact) mass is 230 g/mol. The molecule has 2 rings (SSSR count). The summed E-state index contributed by atoms with van der Waals surface area (Å²) in [6, 6.07) is 7.29. The van der Waals surface area contributed by atoms with Crippen LogP contribution < -0.4 is 11.2 Å². The number of carbonyl (C=O) groups is 1. The zero-order valence-electron chi connectivity index (χ0n) is 9.77. The highest BCUT2D eigenvalue weighted by Crippen LogP contribution is 2.13. The van der Waals surface area contributed by atoms with Crippen LogP contribution in [-0.4, -0.2) is 15.6 Å². The van der Waals surface area contributed by atoms with Crippen LogP contribution in [-0.2, 0) is 0 Å². The molecule has 2 aromatic rings. The number of pyridine rings is 1. The Hall–Kier alpha value is -2.30. The fourth-order valence-corrected chi connectivity index (χ4v) is 1.64. The summed E-state index contributed by atoms with van der Waals surface area (Å²) in [5, 5.41) is 0. The second kappa shape index (κ2) is 4.29. The molecule has 2 heterocycles. The lowest BCUT2D eigenvalue weighted by atomic mass is 10.2. The van der Waals surface area contributed by atoms with Gasteiger partial charge in [-0.1, -0.05) is 0 Å². The molecule has 0 aliphatic rings. The van der Waals surface area contributed by atoms with Crippen LogP contribution in [0.1, 0.15) is 21.7 Å². The quantitative estimate of drug-likeness (QED) is 0.838. The van der Waals surface area contributed by atoms with E-state index in [4.69, 9.17) is 5.73 Å². The van der Waals surface area contributed by atoms with Crippen molar-refractivity contribution in [2.45, 2.75) is 13.8 Å². The molecule has 0 atom stereocenters. The summed E-state index contributed by atoms with van der Waals surface area (Å²) in [6.07, 6.45) is 1.61. The van der Waals surface area contributed by atoms with E-state index in [0.29, 0.717) is 11.4 Å². The third-order valence-corrected chi connectivity index (χ3v) is 2.56. The molecule has 1 amide bonds. The first kappa shape index (κ1) is 11.2. The van der Waals surface area contributed by atoms with E-state index in [1.165, 1.54) is 0 Å². The van der Waals surface area contributed by atoms with Crippen molar-refractivity contribution in [1.82, 2.24) is 9.66 Å². The largest absolute Gasteiger partial charge is 0.365 e. The van der Waals surface area contributed by atoms with E-state index in [1.807, 2.05) is 30.7 Å². The van der Waals surface area contributed by atoms with Crippen LogP contribution in [0.4, 0.5) is 5.82 Å². The average Bonchev–Trinajstić information content (AvgIpc) is 2.61. The minimum atomic E-state index is -0.497. The summed E-state index contributed by atoms with van der Waals surface area (Å²) in [6.45, 7) is 3.93. The summed E-state index contributed by atoms with van der Waals surface area (Å²) >= 11 is 0. The van der Waals surface area contributed by atoms with Crippen LogP contribution in [0.2, 0.25) is 0 Å². The van der Waals surface area contributed by atoms with E-state index >= 15 is 0 Å². The van der Waals surface area contributed by atoms with Crippen molar-refractivity contribution in [2.24, 2.45) is 5.73 Å². The van der Waals surface area contributed by atoms with Crippen molar-refractivity contribution in [3.05, 3.63) is 47.4 Å². The summed E-state index contributed by atoms with van der Waals surface area (Å²) in [4.78, 5) is 15.4. The molecular formula is C12H14N4O. The number of anilines is 1. The van der Waals surface area contributed by atoms with Gasteiger partial charge in [0.15, 0.2) is 5.82 Å². The predicted octanol–water partition coefficient (Wildman–Crippen LogP) is 1.47. The smallest absolute Gasteiger partial charge is 0.252 e. The van der Waals surface area contributed by atoms with Crippen LogP contribution in [0.5, 0.6) is 0 Å². The van der Waals surface area contributed by atoms with Gasteiger partial charge >= 0.3 is 0 Å². The van der Waals surface area contributed by atoms with Crippen molar-refractivity contribution >= 4 is 11.7 Å². The molecular weight excluding hydrogens is 216 g/mol. The molecule has 3 N–H and O–H groups in total. The van der Waals surface area contributed by atoms with Gasteiger partial charge in [0.1, 0.15) is 0 Å². The van der Waals surface area contributed by atoms with Crippen LogP contribution in [0.3, 0.4) is 0 Å². The van der Waals surface area contributed by atoms with E-state index in [2.05, 4.69) is 10.4 Å².